The molecule has 0 saturated carbocycles. The summed E-state index contributed by atoms with van der Waals surface area (Å²) in [6.07, 6.45) is 2.01. The molecule has 3 aliphatic heterocycles. The van der Waals surface area contributed by atoms with Crippen LogP contribution in [0.25, 0.3) is 0 Å². The molecule has 1 atom stereocenters. The van der Waals surface area contributed by atoms with Crippen molar-refractivity contribution in [2.45, 2.75) is 25.3 Å². The fraction of sp³-hybridized carbons (Fsp3) is 0.692. The lowest BCUT2D eigenvalue weighted by molar-refractivity contribution is -0.147. The molecule has 0 bridgehead atoms. The molecule has 0 aromatic heterocycles. The number of nitrogens with one attached hydrogen (secondary N) is 3. The van der Waals surface area contributed by atoms with Crippen LogP contribution in [0.2, 0.25) is 0 Å². The highest BCUT2D eigenvalue weighted by atomic mass is 16.2. The first-order valence-corrected chi connectivity index (χ1v) is 7.16. The van der Waals surface area contributed by atoms with Gasteiger partial charge in [0.25, 0.3) is 11.8 Å². The number of nitrogens with zero attached hydrogens (tertiary/aromatic N) is 1. The van der Waals surface area contributed by atoms with Crippen molar-refractivity contribution in [1.82, 2.24) is 20.9 Å². The minimum absolute atomic E-state index is 0.0679. The maximum Gasteiger partial charge on any atom is 0.254 e. The Morgan fingerprint density at radius 3 is 2.43 bits per heavy atom. The Bertz CT molecular complexity index is 510. The van der Waals surface area contributed by atoms with Gasteiger partial charge in [-0.2, -0.15) is 0 Å². The van der Waals surface area contributed by atoms with Crippen LogP contribution in [0, 0.1) is 5.41 Å². The summed E-state index contributed by atoms with van der Waals surface area (Å²) in [5.41, 5.74) is -0.352. The number of piperidine rings is 1. The van der Waals surface area contributed by atoms with Crippen LogP contribution in [0.15, 0.2) is 0 Å². The van der Waals surface area contributed by atoms with Crippen LogP contribution in [0.5, 0.6) is 0 Å². The van der Waals surface area contributed by atoms with E-state index in [4.69, 9.17) is 0 Å². The molecular formula is C13H18N4O4. The minimum Gasteiger partial charge on any atom is -0.356 e. The number of amides is 4. The SMILES string of the molecule is O=C1CNC(=O)[C@@H](C(=O)N2CCC3(CCNC3=O)CC2)N1. The van der Waals surface area contributed by atoms with E-state index in [1.165, 1.54) is 0 Å². The van der Waals surface area contributed by atoms with Gasteiger partial charge in [-0.3, -0.25) is 19.2 Å². The molecule has 4 amide bonds. The molecule has 0 aromatic rings. The molecule has 3 saturated heterocycles. The lowest BCUT2D eigenvalue weighted by Gasteiger charge is -2.38. The fourth-order valence-corrected chi connectivity index (χ4v) is 3.25. The number of rotatable bonds is 1. The summed E-state index contributed by atoms with van der Waals surface area (Å²) >= 11 is 0. The van der Waals surface area contributed by atoms with Gasteiger partial charge in [0.05, 0.1) is 12.0 Å². The Labute approximate surface area is 121 Å². The van der Waals surface area contributed by atoms with E-state index in [0.717, 1.165) is 6.42 Å². The second-order valence-electron chi connectivity index (χ2n) is 5.83. The molecule has 8 nitrogen and oxygen atoms in total. The summed E-state index contributed by atoms with van der Waals surface area (Å²) in [4.78, 5) is 48.8. The predicted molar refractivity (Wildman–Crippen MR) is 70.8 cm³/mol. The van der Waals surface area contributed by atoms with Gasteiger partial charge in [-0.05, 0) is 19.3 Å². The van der Waals surface area contributed by atoms with E-state index < -0.39 is 17.9 Å². The van der Waals surface area contributed by atoms with Crippen LogP contribution in [0.4, 0.5) is 0 Å². The van der Waals surface area contributed by atoms with Gasteiger partial charge in [-0.1, -0.05) is 0 Å². The molecule has 3 N–H and O–H groups in total. The number of piperazine rings is 1. The van der Waals surface area contributed by atoms with Gasteiger partial charge in [0.15, 0.2) is 6.04 Å². The molecule has 3 aliphatic rings. The highest BCUT2D eigenvalue weighted by Gasteiger charge is 2.46. The van der Waals surface area contributed by atoms with Gasteiger partial charge in [0.1, 0.15) is 0 Å². The Morgan fingerprint density at radius 2 is 1.81 bits per heavy atom. The zero-order chi connectivity index (χ0) is 15.0. The van der Waals surface area contributed by atoms with Crippen LogP contribution in [0.1, 0.15) is 19.3 Å². The van der Waals surface area contributed by atoms with E-state index in [1.807, 2.05) is 0 Å². The fourth-order valence-electron chi connectivity index (χ4n) is 3.25. The summed E-state index contributed by atoms with van der Waals surface area (Å²) in [7, 11) is 0. The predicted octanol–water partition coefficient (Wildman–Crippen LogP) is -2.27. The zero-order valence-electron chi connectivity index (χ0n) is 11.6. The van der Waals surface area contributed by atoms with Crippen molar-refractivity contribution in [2.75, 3.05) is 26.2 Å². The maximum absolute atomic E-state index is 12.3. The molecule has 3 heterocycles. The molecule has 21 heavy (non-hydrogen) atoms. The Hall–Kier alpha value is -2.12. The average molecular weight is 294 g/mol. The number of hydrogen-bond acceptors (Lipinski definition) is 4. The molecule has 8 heteroatoms. The summed E-state index contributed by atoms with van der Waals surface area (Å²) in [6.45, 7) is 1.47. The summed E-state index contributed by atoms with van der Waals surface area (Å²) < 4.78 is 0. The van der Waals surface area contributed by atoms with Gasteiger partial charge < -0.3 is 20.9 Å². The van der Waals surface area contributed by atoms with Crippen LogP contribution >= 0.6 is 0 Å². The molecule has 3 rings (SSSR count). The van der Waals surface area contributed by atoms with Crippen LogP contribution in [-0.4, -0.2) is 60.7 Å². The maximum atomic E-state index is 12.3. The van der Waals surface area contributed by atoms with Gasteiger partial charge >= 0.3 is 0 Å². The van der Waals surface area contributed by atoms with Gasteiger partial charge in [-0.25, -0.2) is 0 Å². The van der Waals surface area contributed by atoms with E-state index in [-0.39, 0.29) is 23.8 Å². The van der Waals surface area contributed by atoms with E-state index in [1.54, 1.807) is 4.90 Å². The Kier molecular flexibility index (Phi) is 3.30. The number of carbonyl (C=O) groups excluding carboxylic acids is 4. The average Bonchev–Trinajstić information content (AvgIpc) is 2.83. The largest absolute Gasteiger partial charge is 0.356 e. The van der Waals surface area contributed by atoms with Crippen molar-refractivity contribution in [3.8, 4) is 0 Å². The lowest BCUT2D eigenvalue weighted by atomic mass is 9.77. The Balaban J connectivity index is 1.64. The van der Waals surface area contributed by atoms with Crippen molar-refractivity contribution >= 4 is 23.6 Å². The first-order chi connectivity index (χ1) is 10.0. The smallest absolute Gasteiger partial charge is 0.254 e. The zero-order valence-corrected chi connectivity index (χ0v) is 11.6. The van der Waals surface area contributed by atoms with E-state index in [0.29, 0.717) is 32.5 Å². The second kappa shape index (κ2) is 5.01. The normalized spacial score (nSPS) is 28.1. The van der Waals surface area contributed by atoms with Crippen molar-refractivity contribution in [3.63, 3.8) is 0 Å². The van der Waals surface area contributed by atoms with E-state index in [9.17, 15) is 19.2 Å². The van der Waals surface area contributed by atoms with Crippen molar-refractivity contribution in [1.29, 1.82) is 0 Å². The summed E-state index contributed by atoms with van der Waals surface area (Å²) in [5, 5.41) is 7.64. The highest BCUT2D eigenvalue weighted by molar-refractivity contribution is 6.10. The first kappa shape index (κ1) is 13.8. The third kappa shape index (κ3) is 2.34. The summed E-state index contributed by atoms with van der Waals surface area (Å²) in [5.74, 6) is -1.16. The van der Waals surface area contributed by atoms with E-state index >= 15 is 0 Å². The van der Waals surface area contributed by atoms with Crippen molar-refractivity contribution in [2.24, 2.45) is 5.41 Å². The molecule has 1 spiro atoms. The second-order valence-corrected chi connectivity index (χ2v) is 5.83. The molecule has 0 aromatic carbocycles. The molecule has 0 aliphatic carbocycles. The molecule has 0 radical (unpaired) electrons. The van der Waals surface area contributed by atoms with Crippen molar-refractivity contribution in [3.05, 3.63) is 0 Å². The van der Waals surface area contributed by atoms with Crippen molar-refractivity contribution < 1.29 is 19.2 Å². The van der Waals surface area contributed by atoms with Crippen LogP contribution < -0.4 is 16.0 Å². The number of carbonyl (C=O) groups is 4. The van der Waals surface area contributed by atoms with E-state index in [2.05, 4.69) is 16.0 Å². The molecule has 114 valence electrons. The van der Waals surface area contributed by atoms with Gasteiger partial charge in [-0.15, -0.1) is 0 Å². The standard InChI is InChI=1S/C13H18N4O4/c18-8-7-15-10(19)9(16-8)11(20)17-5-2-13(3-6-17)1-4-14-12(13)21/h9H,1-7H2,(H,14,21)(H,15,19)(H,16,18)/t9-/m0/s1. The third-order valence-corrected chi connectivity index (χ3v) is 4.64. The lowest BCUT2D eigenvalue weighted by Crippen LogP contribution is -2.63. The summed E-state index contributed by atoms with van der Waals surface area (Å²) in [6, 6.07) is -1.14. The monoisotopic (exact) mass is 294 g/mol. The number of likely N-dealkylation sites (tertiary alicyclic amines) is 1. The highest BCUT2D eigenvalue weighted by Crippen LogP contribution is 2.38. The van der Waals surface area contributed by atoms with Crippen LogP contribution in [0.3, 0.4) is 0 Å². The quantitative estimate of drug-likeness (QED) is 0.474. The number of hydrogen-bond donors (Lipinski definition) is 3. The molecule has 0 unspecified atom stereocenters. The van der Waals surface area contributed by atoms with Gasteiger partial charge in [0, 0.05) is 19.6 Å². The van der Waals surface area contributed by atoms with Gasteiger partial charge in [0.2, 0.25) is 11.8 Å². The molecular weight excluding hydrogens is 276 g/mol. The first-order valence-electron chi connectivity index (χ1n) is 7.16. The molecule has 3 fully saturated rings. The minimum atomic E-state index is -1.14. The third-order valence-electron chi connectivity index (χ3n) is 4.64. The topological polar surface area (TPSA) is 108 Å². The van der Waals surface area contributed by atoms with Crippen LogP contribution in [-0.2, 0) is 19.2 Å². The Morgan fingerprint density at radius 1 is 1.10 bits per heavy atom.